The van der Waals surface area contributed by atoms with Crippen LogP contribution in [0.25, 0.3) is 0 Å². The number of ether oxygens (including phenoxy) is 2. The van der Waals surface area contributed by atoms with Crippen molar-refractivity contribution in [2.75, 3.05) is 18.7 Å². The van der Waals surface area contributed by atoms with E-state index < -0.39 is 0 Å². The predicted molar refractivity (Wildman–Crippen MR) is 73.6 cm³/mol. The summed E-state index contributed by atoms with van der Waals surface area (Å²) in [6, 6.07) is 10.2. The number of fused-ring (bicyclic) bond motifs is 1. The summed E-state index contributed by atoms with van der Waals surface area (Å²) in [4.78, 5) is 6.40. The lowest BCUT2D eigenvalue weighted by atomic mass is 10.2. The molecule has 1 aliphatic heterocycles. The average molecular weight is 256 g/mol. The van der Waals surface area contributed by atoms with E-state index in [9.17, 15) is 0 Å². The van der Waals surface area contributed by atoms with E-state index >= 15 is 0 Å². The van der Waals surface area contributed by atoms with Crippen molar-refractivity contribution in [1.82, 2.24) is 4.98 Å². The summed E-state index contributed by atoms with van der Waals surface area (Å²) in [6.07, 6.45) is 1.83. The zero-order valence-electron chi connectivity index (χ0n) is 11.1. The van der Waals surface area contributed by atoms with Crippen molar-refractivity contribution in [3.8, 4) is 11.5 Å². The molecule has 2 aromatic rings. The summed E-state index contributed by atoms with van der Waals surface area (Å²) in [7, 11) is 2.07. The van der Waals surface area contributed by atoms with Gasteiger partial charge in [-0.3, -0.25) is 4.98 Å². The van der Waals surface area contributed by atoms with Gasteiger partial charge < -0.3 is 14.4 Å². The molecule has 1 aromatic carbocycles. The van der Waals surface area contributed by atoms with E-state index in [1.54, 1.807) is 0 Å². The maximum absolute atomic E-state index is 5.39. The number of aromatic nitrogens is 1. The monoisotopic (exact) mass is 256 g/mol. The van der Waals surface area contributed by atoms with E-state index in [0.29, 0.717) is 6.79 Å². The molecule has 2 heterocycles. The third-order valence-electron chi connectivity index (χ3n) is 3.18. The third kappa shape index (κ3) is 2.47. The van der Waals surface area contributed by atoms with Crippen molar-refractivity contribution in [2.45, 2.75) is 13.5 Å². The number of pyridine rings is 1. The molecular formula is C15H16N2O2. The van der Waals surface area contributed by atoms with Crippen LogP contribution < -0.4 is 14.4 Å². The van der Waals surface area contributed by atoms with Gasteiger partial charge in [-0.1, -0.05) is 6.07 Å². The Morgan fingerprint density at radius 1 is 1.16 bits per heavy atom. The number of benzene rings is 1. The summed E-state index contributed by atoms with van der Waals surface area (Å²) in [5.74, 6) is 1.66. The number of rotatable bonds is 3. The number of hydrogen-bond donors (Lipinski definition) is 0. The predicted octanol–water partition coefficient (Wildman–Crippen LogP) is 2.76. The molecule has 4 nitrogen and oxygen atoms in total. The van der Waals surface area contributed by atoms with Crippen LogP contribution in [-0.2, 0) is 6.54 Å². The molecule has 1 aliphatic rings. The summed E-state index contributed by atoms with van der Waals surface area (Å²) < 4.78 is 10.7. The van der Waals surface area contributed by atoms with Crippen LogP contribution in [0.3, 0.4) is 0 Å². The van der Waals surface area contributed by atoms with E-state index in [4.69, 9.17) is 9.47 Å². The molecule has 98 valence electrons. The van der Waals surface area contributed by atoms with Crippen LogP contribution in [0.15, 0.2) is 36.5 Å². The fourth-order valence-electron chi connectivity index (χ4n) is 2.17. The molecule has 1 aromatic heterocycles. The lowest BCUT2D eigenvalue weighted by Gasteiger charge is -2.19. The molecule has 0 amide bonds. The van der Waals surface area contributed by atoms with Crippen LogP contribution in [-0.4, -0.2) is 18.8 Å². The van der Waals surface area contributed by atoms with E-state index in [1.165, 1.54) is 5.56 Å². The van der Waals surface area contributed by atoms with Crippen LogP contribution in [0.5, 0.6) is 11.5 Å². The minimum Gasteiger partial charge on any atom is -0.454 e. The van der Waals surface area contributed by atoms with Crippen LogP contribution in [0, 0.1) is 6.92 Å². The topological polar surface area (TPSA) is 34.6 Å². The molecular weight excluding hydrogens is 240 g/mol. The van der Waals surface area contributed by atoms with Crippen molar-refractivity contribution in [2.24, 2.45) is 0 Å². The molecule has 4 heteroatoms. The molecule has 0 unspecified atom stereocenters. The molecule has 0 aliphatic carbocycles. The van der Waals surface area contributed by atoms with E-state index in [-0.39, 0.29) is 0 Å². The Morgan fingerprint density at radius 3 is 2.84 bits per heavy atom. The van der Waals surface area contributed by atoms with Gasteiger partial charge in [0, 0.05) is 31.2 Å². The summed E-state index contributed by atoms with van der Waals surface area (Å²) in [5.41, 5.74) is 3.38. The third-order valence-corrected chi connectivity index (χ3v) is 3.18. The van der Waals surface area contributed by atoms with Gasteiger partial charge in [0.2, 0.25) is 6.79 Å². The summed E-state index contributed by atoms with van der Waals surface area (Å²) in [5, 5.41) is 0. The van der Waals surface area contributed by atoms with E-state index in [2.05, 4.69) is 29.1 Å². The minimum atomic E-state index is 0.318. The first-order valence-electron chi connectivity index (χ1n) is 6.25. The second-order valence-electron chi connectivity index (χ2n) is 4.70. The Bertz CT molecular complexity index is 598. The van der Waals surface area contributed by atoms with Gasteiger partial charge in [-0.25, -0.2) is 0 Å². The Balaban J connectivity index is 1.77. The average Bonchev–Trinajstić information content (AvgIpc) is 2.86. The second-order valence-corrected chi connectivity index (χ2v) is 4.70. The van der Waals surface area contributed by atoms with Gasteiger partial charge in [0.05, 0.1) is 0 Å². The van der Waals surface area contributed by atoms with Crippen LogP contribution in [0.4, 0.5) is 5.69 Å². The summed E-state index contributed by atoms with van der Waals surface area (Å²) >= 11 is 0. The van der Waals surface area contributed by atoms with Gasteiger partial charge in [-0.15, -0.1) is 0 Å². The summed E-state index contributed by atoms with van der Waals surface area (Å²) in [6.45, 7) is 3.14. The molecule has 0 saturated carbocycles. The SMILES string of the molecule is Cc1cc(N(C)Cc2ccc3c(c2)OCO3)ccn1. The molecule has 0 spiro atoms. The highest BCUT2D eigenvalue weighted by Crippen LogP contribution is 2.33. The number of aryl methyl sites for hydroxylation is 1. The Hall–Kier alpha value is -2.23. The van der Waals surface area contributed by atoms with Crippen LogP contribution in [0.2, 0.25) is 0 Å². The highest BCUT2D eigenvalue weighted by molar-refractivity contribution is 5.49. The van der Waals surface area contributed by atoms with Gasteiger partial charge in [0.25, 0.3) is 0 Å². The van der Waals surface area contributed by atoms with Crippen LogP contribution >= 0.6 is 0 Å². The lowest BCUT2D eigenvalue weighted by molar-refractivity contribution is 0.174. The fraction of sp³-hybridized carbons (Fsp3) is 0.267. The first-order chi connectivity index (χ1) is 9.22. The van der Waals surface area contributed by atoms with Crippen molar-refractivity contribution in [1.29, 1.82) is 0 Å². The van der Waals surface area contributed by atoms with Gasteiger partial charge in [-0.05, 0) is 36.8 Å². The molecule has 3 rings (SSSR count). The largest absolute Gasteiger partial charge is 0.454 e. The fourth-order valence-corrected chi connectivity index (χ4v) is 2.17. The first kappa shape index (κ1) is 11.8. The maximum Gasteiger partial charge on any atom is 0.231 e. The normalized spacial score (nSPS) is 12.5. The Kier molecular flexibility index (Phi) is 2.99. The number of hydrogen-bond acceptors (Lipinski definition) is 4. The molecule has 0 radical (unpaired) electrons. The lowest BCUT2D eigenvalue weighted by Crippen LogP contribution is -2.16. The minimum absolute atomic E-state index is 0.318. The highest BCUT2D eigenvalue weighted by atomic mass is 16.7. The van der Waals surface area contributed by atoms with Gasteiger partial charge in [0.1, 0.15) is 0 Å². The van der Waals surface area contributed by atoms with E-state index in [1.807, 2.05) is 31.3 Å². The van der Waals surface area contributed by atoms with Crippen molar-refractivity contribution >= 4 is 5.69 Å². The standard InChI is InChI=1S/C15H16N2O2/c1-11-7-13(5-6-16-11)17(2)9-12-3-4-14-15(8-12)19-10-18-14/h3-8H,9-10H2,1-2H3. The number of nitrogens with zero attached hydrogens (tertiary/aromatic N) is 2. The first-order valence-corrected chi connectivity index (χ1v) is 6.25. The quantitative estimate of drug-likeness (QED) is 0.845. The van der Waals surface area contributed by atoms with Crippen molar-refractivity contribution in [3.05, 3.63) is 47.8 Å². The second kappa shape index (κ2) is 4.80. The zero-order chi connectivity index (χ0) is 13.2. The molecule has 0 N–H and O–H groups in total. The molecule has 0 bridgehead atoms. The van der Waals surface area contributed by atoms with Gasteiger partial charge >= 0.3 is 0 Å². The molecule has 0 atom stereocenters. The van der Waals surface area contributed by atoms with Crippen molar-refractivity contribution in [3.63, 3.8) is 0 Å². The van der Waals surface area contributed by atoms with Gasteiger partial charge in [-0.2, -0.15) is 0 Å². The number of anilines is 1. The van der Waals surface area contributed by atoms with Crippen LogP contribution in [0.1, 0.15) is 11.3 Å². The van der Waals surface area contributed by atoms with Crippen molar-refractivity contribution < 1.29 is 9.47 Å². The molecule has 19 heavy (non-hydrogen) atoms. The van der Waals surface area contributed by atoms with Gasteiger partial charge in [0.15, 0.2) is 11.5 Å². The molecule has 0 saturated heterocycles. The molecule has 0 fully saturated rings. The maximum atomic E-state index is 5.39. The van der Waals surface area contributed by atoms with E-state index in [0.717, 1.165) is 29.4 Å². The highest BCUT2D eigenvalue weighted by Gasteiger charge is 2.13. The Morgan fingerprint density at radius 2 is 2.00 bits per heavy atom. The Labute approximate surface area is 112 Å². The smallest absolute Gasteiger partial charge is 0.231 e. The zero-order valence-corrected chi connectivity index (χ0v) is 11.1.